The highest BCUT2D eigenvalue weighted by atomic mass is 32.2. The fourth-order valence-corrected chi connectivity index (χ4v) is 3.53. The van der Waals surface area contributed by atoms with Crippen LogP contribution >= 0.6 is 11.7 Å². The van der Waals surface area contributed by atoms with Gasteiger partial charge < -0.3 is 0 Å². The van der Waals surface area contributed by atoms with Gasteiger partial charge in [0.05, 0.1) is 11.7 Å². The Morgan fingerprint density at radius 2 is 2.20 bits per heavy atom. The third-order valence-corrected chi connectivity index (χ3v) is 4.69. The summed E-state index contributed by atoms with van der Waals surface area (Å²) in [7, 11) is -3.62. The van der Waals surface area contributed by atoms with Gasteiger partial charge in [-0.25, -0.2) is 18.1 Å². The van der Waals surface area contributed by atoms with Crippen molar-refractivity contribution in [3.8, 4) is 0 Å². The van der Waals surface area contributed by atoms with Crippen LogP contribution in [0.25, 0.3) is 11.0 Å². The van der Waals surface area contributed by atoms with Crippen molar-refractivity contribution in [2.75, 3.05) is 6.54 Å². The maximum Gasteiger partial charge on any atom is 0.242 e. The van der Waals surface area contributed by atoms with E-state index in [-0.39, 0.29) is 11.4 Å². The molecule has 0 fully saturated rings. The Kier molecular flexibility index (Phi) is 3.42. The number of rotatable bonds is 5. The molecule has 0 radical (unpaired) electrons. The summed E-state index contributed by atoms with van der Waals surface area (Å²) in [6, 6.07) is 4.89. The molecule has 1 aromatic carbocycles. The summed E-state index contributed by atoms with van der Waals surface area (Å²) < 4.78 is 35.1. The lowest BCUT2D eigenvalue weighted by atomic mass is 10.3. The van der Waals surface area contributed by atoms with Crippen molar-refractivity contribution in [3.05, 3.63) is 30.4 Å². The van der Waals surface area contributed by atoms with Crippen molar-refractivity contribution in [2.45, 2.75) is 11.3 Å². The second-order valence-electron chi connectivity index (χ2n) is 3.97. The molecule has 0 aliphatic heterocycles. The van der Waals surface area contributed by atoms with E-state index in [0.717, 1.165) is 11.7 Å². The first-order valence-corrected chi connectivity index (χ1v) is 7.93. The second-order valence-corrected chi connectivity index (χ2v) is 6.23. The van der Waals surface area contributed by atoms with E-state index in [1.54, 1.807) is 12.1 Å². The van der Waals surface area contributed by atoms with E-state index >= 15 is 0 Å². The van der Waals surface area contributed by atoms with E-state index in [2.05, 4.69) is 28.7 Å². The lowest BCUT2D eigenvalue weighted by Gasteiger charge is -2.05. The van der Waals surface area contributed by atoms with E-state index in [4.69, 9.17) is 0 Å². The average Bonchev–Trinajstić information content (AvgIpc) is 3.08. The number of aromatic nitrogens is 5. The molecular formula is C10H10N6O2S2. The topological polar surface area (TPSA) is 114 Å². The van der Waals surface area contributed by atoms with Crippen molar-refractivity contribution in [1.82, 2.24) is 28.7 Å². The Labute approximate surface area is 118 Å². The van der Waals surface area contributed by atoms with Crippen LogP contribution in [0.4, 0.5) is 0 Å². The molecule has 2 N–H and O–H groups in total. The maximum atomic E-state index is 12.3. The molecule has 104 valence electrons. The highest BCUT2D eigenvalue weighted by molar-refractivity contribution is 7.89. The number of aromatic amines is 1. The fourth-order valence-electron chi connectivity index (χ4n) is 1.73. The monoisotopic (exact) mass is 310 g/mol. The highest BCUT2D eigenvalue weighted by Gasteiger charge is 2.18. The zero-order valence-corrected chi connectivity index (χ0v) is 11.8. The standard InChI is InChI=1S/C10H10N6O2S2/c17-20(18,13-5-4-9-11-6-12-14-9)8-3-1-2-7-10(8)16-19-15-7/h1-3,6,13H,4-5H2,(H,11,12,14). The molecular weight excluding hydrogens is 300 g/mol. The van der Waals surface area contributed by atoms with Crippen LogP contribution in [-0.2, 0) is 16.4 Å². The van der Waals surface area contributed by atoms with Gasteiger partial charge in [0.2, 0.25) is 10.0 Å². The van der Waals surface area contributed by atoms with Gasteiger partial charge in [-0.15, -0.1) is 0 Å². The lowest BCUT2D eigenvalue weighted by Crippen LogP contribution is -2.26. The number of sulfonamides is 1. The van der Waals surface area contributed by atoms with Crippen molar-refractivity contribution in [2.24, 2.45) is 0 Å². The van der Waals surface area contributed by atoms with Gasteiger partial charge in [0.1, 0.15) is 28.1 Å². The van der Waals surface area contributed by atoms with Gasteiger partial charge in [0.25, 0.3) is 0 Å². The molecule has 0 aliphatic carbocycles. The van der Waals surface area contributed by atoms with Gasteiger partial charge in [0, 0.05) is 13.0 Å². The number of H-pyrrole nitrogens is 1. The van der Waals surface area contributed by atoms with Gasteiger partial charge >= 0.3 is 0 Å². The Morgan fingerprint density at radius 3 is 3.00 bits per heavy atom. The first-order valence-electron chi connectivity index (χ1n) is 5.72. The maximum absolute atomic E-state index is 12.3. The predicted molar refractivity (Wildman–Crippen MR) is 72.7 cm³/mol. The van der Waals surface area contributed by atoms with Crippen LogP contribution in [0.3, 0.4) is 0 Å². The summed E-state index contributed by atoms with van der Waals surface area (Å²) in [6.45, 7) is 0.228. The summed E-state index contributed by atoms with van der Waals surface area (Å²) in [6.07, 6.45) is 1.82. The molecule has 8 nitrogen and oxygen atoms in total. The Bertz CT molecular complexity index is 811. The molecule has 2 aromatic heterocycles. The molecule has 0 amide bonds. The van der Waals surface area contributed by atoms with E-state index in [0.29, 0.717) is 23.3 Å². The summed E-state index contributed by atoms with van der Waals surface area (Å²) in [5.74, 6) is 0.626. The Morgan fingerprint density at radius 1 is 1.30 bits per heavy atom. The average molecular weight is 310 g/mol. The molecule has 20 heavy (non-hydrogen) atoms. The minimum absolute atomic E-state index is 0.140. The van der Waals surface area contributed by atoms with Gasteiger partial charge in [-0.3, -0.25) is 5.10 Å². The lowest BCUT2D eigenvalue weighted by molar-refractivity contribution is 0.581. The zero-order valence-electron chi connectivity index (χ0n) is 10.1. The number of fused-ring (bicyclic) bond motifs is 1. The van der Waals surface area contributed by atoms with Gasteiger partial charge in [-0.1, -0.05) is 6.07 Å². The minimum Gasteiger partial charge on any atom is -0.263 e. The molecule has 0 bridgehead atoms. The van der Waals surface area contributed by atoms with Crippen LogP contribution in [0.15, 0.2) is 29.4 Å². The molecule has 0 saturated carbocycles. The van der Waals surface area contributed by atoms with Crippen molar-refractivity contribution in [3.63, 3.8) is 0 Å². The summed E-state index contributed by atoms with van der Waals surface area (Å²) >= 11 is 0.990. The normalized spacial score (nSPS) is 12.0. The SMILES string of the molecule is O=S(=O)(NCCc1ncn[nH]1)c1cccc2nsnc12. The van der Waals surface area contributed by atoms with Crippen LogP contribution in [0, 0.1) is 0 Å². The molecule has 3 aromatic rings. The van der Waals surface area contributed by atoms with Crippen LogP contribution in [0.5, 0.6) is 0 Å². The number of benzene rings is 1. The molecule has 0 saturated heterocycles. The third-order valence-electron chi connectivity index (χ3n) is 2.66. The molecule has 0 spiro atoms. The van der Waals surface area contributed by atoms with Crippen molar-refractivity contribution >= 4 is 32.8 Å². The Hall–Kier alpha value is -1.91. The molecule has 2 heterocycles. The van der Waals surface area contributed by atoms with Crippen LogP contribution in [0.2, 0.25) is 0 Å². The largest absolute Gasteiger partial charge is 0.263 e. The highest BCUT2D eigenvalue weighted by Crippen LogP contribution is 2.20. The minimum atomic E-state index is -3.62. The molecule has 3 rings (SSSR count). The molecule has 0 aliphatic rings. The first kappa shape index (κ1) is 13.1. The first-order chi connectivity index (χ1) is 9.67. The molecule has 10 heteroatoms. The summed E-state index contributed by atoms with van der Waals surface area (Å²) in [5.41, 5.74) is 0.970. The number of nitrogens with one attached hydrogen (secondary N) is 2. The predicted octanol–water partition coefficient (Wildman–Crippen LogP) is 0.330. The smallest absolute Gasteiger partial charge is 0.242 e. The Balaban J connectivity index is 1.79. The third kappa shape index (κ3) is 2.53. The van der Waals surface area contributed by atoms with E-state index < -0.39 is 10.0 Å². The van der Waals surface area contributed by atoms with E-state index in [1.807, 2.05) is 0 Å². The van der Waals surface area contributed by atoms with E-state index in [9.17, 15) is 8.42 Å². The molecule has 0 unspecified atom stereocenters. The summed E-state index contributed by atoms with van der Waals surface area (Å²) in [5, 5.41) is 6.37. The number of hydrogen-bond donors (Lipinski definition) is 2. The molecule has 0 atom stereocenters. The van der Waals surface area contributed by atoms with Crippen molar-refractivity contribution < 1.29 is 8.42 Å². The van der Waals surface area contributed by atoms with Gasteiger partial charge in [-0.05, 0) is 12.1 Å². The van der Waals surface area contributed by atoms with Gasteiger partial charge in [-0.2, -0.15) is 13.8 Å². The quantitative estimate of drug-likeness (QED) is 0.702. The second kappa shape index (κ2) is 5.23. The van der Waals surface area contributed by atoms with Crippen LogP contribution in [-0.4, -0.2) is 38.9 Å². The van der Waals surface area contributed by atoms with E-state index in [1.165, 1.54) is 12.4 Å². The van der Waals surface area contributed by atoms with Gasteiger partial charge in [0.15, 0.2) is 0 Å². The van der Waals surface area contributed by atoms with Crippen LogP contribution in [0.1, 0.15) is 5.82 Å². The van der Waals surface area contributed by atoms with Crippen LogP contribution < -0.4 is 4.72 Å². The number of nitrogens with zero attached hydrogens (tertiary/aromatic N) is 4. The fraction of sp³-hybridized carbons (Fsp3) is 0.200. The summed E-state index contributed by atoms with van der Waals surface area (Å²) in [4.78, 5) is 4.07. The zero-order chi connectivity index (χ0) is 14.0. The van der Waals surface area contributed by atoms with Crippen molar-refractivity contribution in [1.29, 1.82) is 0 Å². The number of hydrogen-bond acceptors (Lipinski definition) is 7.